The number of nitrogens with one attached hydrogen (secondary N) is 2. The van der Waals surface area contributed by atoms with Crippen molar-refractivity contribution >= 4 is 0 Å². The second-order valence-corrected chi connectivity index (χ2v) is 3.54. The van der Waals surface area contributed by atoms with Crippen molar-refractivity contribution in [3.05, 3.63) is 46.1 Å². The van der Waals surface area contributed by atoms with Crippen LogP contribution in [0.2, 0.25) is 0 Å². The van der Waals surface area contributed by atoms with Gasteiger partial charge < -0.3 is 10.8 Å². The Hall–Kier alpha value is -2.08. The predicted octanol–water partition coefficient (Wildman–Crippen LogP) is 0.0461. The highest BCUT2D eigenvalue weighted by Gasteiger charge is 2.10. The van der Waals surface area contributed by atoms with Crippen molar-refractivity contribution in [3.63, 3.8) is 0 Å². The molecule has 1 aromatic heterocycles. The topological polar surface area (TPSA) is 108 Å². The molecule has 0 aliphatic rings. The molecule has 0 bridgehead atoms. The number of H-pyrrole nitrogens is 2. The summed E-state index contributed by atoms with van der Waals surface area (Å²) < 4.78 is 0. The Balaban J connectivity index is 2.10. The second kappa shape index (κ2) is 4.19. The Morgan fingerprint density at radius 1 is 1.38 bits per heavy atom. The van der Waals surface area contributed by atoms with Gasteiger partial charge in [0.25, 0.3) is 0 Å². The van der Waals surface area contributed by atoms with Crippen molar-refractivity contribution in [2.45, 2.75) is 12.5 Å². The van der Waals surface area contributed by atoms with Crippen molar-refractivity contribution in [3.8, 4) is 5.75 Å². The van der Waals surface area contributed by atoms with E-state index in [9.17, 15) is 4.79 Å². The molecule has 6 heteroatoms. The van der Waals surface area contributed by atoms with Crippen LogP contribution in [0.5, 0.6) is 5.75 Å². The number of hydrogen-bond acceptors (Lipinski definition) is 4. The van der Waals surface area contributed by atoms with Gasteiger partial charge in [0.1, 0.15) is 11.6 Å². The van der Waals surface area contributed by atoms with Crippen molar-refractivity contribution in [1.29, 1.82) is 0 Å². The standard InChI is InChI=1S/C10H12N4O2/c11-8(9-12-10(16)14-13-9)5-6-1-3-7(15)4-2-6/h1-4,8,15H,5,11H2,(H2,12,13,14,16). The summed E-state index contributed by atoms with van der Waals surface area (Å²) >= 11 is 0. The molecule has 16 heavy (non-hydrogen) atoms. The molecule has 5 N–H and O–H groups in total. The van der Waals surface area contributed by atoms with E-state index >= 15 is 0 Å². The molecule has 6 nitrogen and oxygen atoms in total. The zero-order chi connectivity index (χ0) is 11.5. The fraction of sp³-hybridized carbons (Fsp3) is 0.200. The van der Waals surface area contributed by atoms with Gasteiger partial charge in [0, 0.05) is 0 Å². The van der Waals surface area contributed by atoms with E-state index in [1.165, 1.54) is 0 Å². The summed E-state index contributed by atoms with van der Waals surface area (Å²) in [5, 5.41) is 15.1. The summed E-state index contributed by atoms with van der Waals surface area (Å²) in [6.45, 7) is 0. The van der Waals surface area contributed by atoms with Gasteiger partial charge in [-0.1, -0.05) is 12.1 Å². The largest absolute Gasteiger partial charge is 0.508 e. The van der Waals surface area contributed by atoms with E-state index in [-0.39, 0.29) is 17.5 Å². The number of hydrogen-bond donors (Lipinski definition) is 4. The highest BCUT2D eigenvalue weighted by molar-refractivity contribution is 5.26. The minimum Gasteiger partial charge on any atom is -0.508 e. The molecule has 1 aromatic carbocycles. The molecule has 0 fully saturated rings. The van der Waals surface area contributed by atoms with Crippen LogP contribution in [-0.2, 0) is 6.42 Å². The molecule has 0 aliphatic heterocycles. The van der Waals surface area contributed by atoms with Crippen LogP contribution in [0.15, 0.2) is 29.1 Å². The van der Waals surface area contributed by atoms with Crippen LogP contribution in [0, 0.1) is 0 Å². The number of benzene rings is 1. The maximum atomic E-state index is 10.8. The molecule has 84 valence electrons. The van der Waals surface area contributed by atoms with Gasteiger partial charge in [-0.15, -0.1) is 0 Å². The van der Waals surface area contributed by atoms with Crippen molar-refractivity contribution in [1.82, 2.24) is 15.2 Å². The lowest BCUT2D eigenvalue weighted by atomic mass is 10.1. The summed E-state index contributed by atoms with van der Waals surface area (Å²) in [4.78, 5) is 13.3. The molecule has 0 saturated carbocycles. The van der Waals surface area contributed by atoms with E-state index in [1.807, 2.05) is 0 Å². The number of aromatic nitrogens is 3. The molecular weight excluding hydrogens is 208 g/mol. The molecule has 1 unspecified atom stereocenters. The average molecular weight is 220 g/mol. The highest BCUT2D eigenvalue weighted by Crippen LogP contribution is 2.14. The molecule has 0 radical (unpaired) electrons. The number of phenolic OH excluding ortho intramolecular Hbond substituents is 1. The minimum absolute atomic E-state index is 0.213. The van der Waals surface area contributed by atoms with Crippen molar-refractivity contribution in [2.24, 2.45) is 5.73 Å². The van der Waals surface area contributed by atoms with Gasteiger partial charge in [0.15, 0.2) is 0 Å². The van der Waals surface area contributed by atoms with Crippen molar-refractivity contribution in [2.75, 3.05) is 0 Å². The van der Waals surface area contributed by atoms with Gasteiger partial charge >= 0.3 is 5.69 Å². The Kier molecular flexibility index (Phi) is 2.74. The third-order valence-corrected chi connectivity index (χ3v) is 2.26. The molecule has 0 saturated heterocycles. The first-order valence-corrected chi connectivity index (χ1v) is 4.83. The zero-order valence-corrected chi connectivity index (χ0v) is 8.47. The van der Waals surface area contributed by atoms with Gasteiger partial charge in [-0.3, -0.25) is 4.98 Å². The fourth-order valence-corrected chi connectivity index (χ4v) is 1.44. The fourth-order valence-electron chi connectivity index (χ4n) is 1.44. The van der Waals surface area contributed by atoms with Crippen LogP contribution in [0.3, 0.4) is 0 Å². The minimum atomic E-state index is -0.372. The third-order valence-electron chi connectivity index (χ3n) is 2.26. The van der Waals surface area contributed by atoms with Gasteiger partial charge in [-0.2, -0.15) is 5.10 Å². The molecular formula is C10H12N4O2. The predicted molar refractivity (Wildman–Crippen MR) is 57.9 cm³/mol. The number of nitrogens with zero attached hydrogens (tertiary/aromatic N) is 1. The van der Waals surface area contributed by atoms with Gasteiger partial charge in [0.2, 0.25) is 0 Å². The van der Waals surface area contributed by atoms with Gasteiger partial charge in [-0.25, -0.2) is 9.89 Å². The molecule has 2 aromatic rings. The average Bonchev–Trinajstić information content (AvgIpc) is 2.68. The third kappa shape index (κ3) is 2.29. The maximum Gasteiger partial charge on any atom is 0.340 e. The van der Waals surface area contributed by atoms with Crippen LogP contribution < -0.4 is 11.4 Å². The number of aromatic amines is 2. The summed E-state index contributed by atoms with van der Waals surface area (Å²) in [5.74, 6) is 0.642. The van der Waals surface area contributed by atoms with Crippen molar-refractivity contribution < 1.29 is 5.11 Å². The number of rotatable bonds is 3. The lowest BCUT2D eigenvalue weighted by molar-refractivity contribution is 0.475. The Morgan fingerprint density at radius 2 is 2.06 bits per heavy atom. The monoisotopic (exact) mass is 220 g/mol. The lowest BCUT2D eigenvalue weighted by Crippen LogP contribution is -2.16. The zero-order valence-electron chi connectivity index (χ0n) is 8.47. The first kappa shape index (κ1) is 10.4. The van der Waals surface area contributed by atoms with Gasteiger partial charge in [-0.05, 0) is 24.1 Å². The van der Waals surface area contributed by atoms with Crippen LogP contribution >= 0.6 is 0 Å². The Labute approximate surface area is 91.1 Å². The van der Waals surface area contributed by atoms with Crippen LogP contribution in [-0.4, -0.2) is 20.3 Å². The van der Waals surface area contributed by atoms with Crippen LogP contribution in [0.25, 0.3) is 0 Å². The number of aromatic hydroxyl groups is 1. The molecule has 1 heterocycles. The maximum absolute atomic E-state index is 10.8. The van der Waals surface area contributed by atoms with E-state index in [0.29, 0.717) is 12.2 Å². The summed E-state index contributed by atoms with van der Waals surface area (Å²) in [5.41, 5.74) is 6.47. The van der Waals surface area contributed by atoms with E-state index in [2.05, 4.69) is 15.2 Å². The summed E-state index contributed by atoms with van der Waals surface area (Å²) in [7, 11) is 0. The smallest absolute Gasteiger partial charge is 0.340 e. The molecule has 2 rings (SSSR count). The molecule has 1 atom stereocenters. The second-order valence-electron chi connectivity index (χ2n) is 3.54. The van der Waals surface area contributed by atoms with E-state index in [1.54, 1.807) is 24.3 Å². The quantitative estimate of drug-likeness (QED) is 0.586. The SMILES string of the molecule is NC(Cc1ccc(O)cc1)c1n[nH]c(=O)[nH]1. The highest BCUT2D eigenvalue weighted by atomic mass is 16.3. The molecule has 0 amide bonds. The first-order chi connectivity index (χ1) is 7.65. The number of nitrogens with two attached hydrogens (primary N) is 1. The molecule has 0 spiro atoms. The normalized spacial score (nSPS) is 12.6. The van der Waals surface area contributed by atoms with Gasteiger partial charge in [0.05, 0.1) is 6.04 Å². The van der Waals surface area contributed by atoms with Crippen LogP contribution in [0.1, 0.15) is 17.4 Å². The van der Waals surface area contributed by atoms with Crippen LogP contribution in [0.4, 0.5) is 0 Å². The Morgan fingerprint density at radius 3 is 2.62 bits per heavy atom. The van der Waals surface area contributed by atoms with E-state index in [4.69, 9.17) is 10.8 Å². The molecule has 0 aliphatic carbocycles. The van der Waals surface area contributed by atoms with E-state index in [0.717, 1.165) is 5.56 Å². The number of phenols is 1. The first-order valence-electron chi connectivity index (χ1n) is 4.83. The van der Waals surface area contributed by atoms with E-state index < -0.39 is 0 Å². The lowest BCUT2D eigenvalue weighted by Gasteiger charge is -2.07. The Bertz CT molecular complexity index is 514. The summed E-state index contributed by atoms with van der Waals surface area (Å²) in [6.07, 6.45) is 0.543. The summed E-state index contributed by atoms with van der Waals surface area (Å²) in [6, 6.07) is 6.37.